The predicted octanol–water partition coefficient (Wildman–Crippen LogP) is 2.99. The molecule has 19 heavy (non-hydrogen) atoms. The first kappa shape index (κ1) is 14.3. The highest BCUT2D eigenvalue weighted by molar-refractivity contribution is 5.41. The van der Waals surface area contributed by atoms with E-state index >= 15 is 0 Å². The molecule has 1 aromatic rings. The van der Waals surface area contributed by atoms with Crippen LogP contribution in [0.5, 0.6) is 0 Å². The zero-order valence-electron chi connectivity index (χ0n) is 12.5. The molecule has 1 fully saturated rings. The molecule has 1 aromatic heterocycles. The SMILES string of the molecule is Cc1ccc(N2CCCCC2CNCC(C)C)nc1. The van der Waals surface area contributed by atoms with Crippen LogP contribution in [0.3, 0.4) is 0 Å². The van der Waals surface area contributed by atoms with E-state index < -0.39 is 0 Å². The summed E-state index contributed by atoms with van der Waals surface area (Å²) in [6, 6.07) is 4.92. The fourth-order valence-corrected chi connectivity index (χ4v) is 2.68. The zero-order valence-corrected chi connectivity index (χ0v) is 12.5. The average molecular weight is 261 g/mol. The highest BCUT2D eigenvalue weighted by atomic mass is 15.2. The Kier molecular flexibility index (Phi) is 5.20. The van der Waals surface area contributed by atoms with Crippen LogP contribution in [0.25, 0.3) is 0 Å². The molecule has 0 spiro atoms. The van der Waals surface area contributed by atoms with Crippen LogP contribution in [-0.4, -0.2) is 30.7 Å². The topological polar surface area (TPSA) is 28.2 Å². The van der Waals surface area contributed by atoms with Crippen LogP contribution in [0.1, 0.15) is 38.7 Å². The van der Waals surface area contributed by atoms with Gasteiger partial charge in [0.2, 0.25) is 0 Å². The third-order valence-electron chi connectivity index (χ3n) is 3.75. The lowest BCUT2D eigenvalue weighted by atomic mass is 10.0. The molecule has 1 aliphatic heterocycles. The highest BCUT2D eigenvalue weighted by Gasteiger charge is 2.23. The fourth-order valence-electron chi connectivity index (χ4n) is 2.68. The number of aromatic nitrogens is 1. The summed E-state index contributed by atoms with van der Waals surface area (Å²) >= 11 is 0. The largest absolute Gasteiger partial charge is 0.352 e. The number of piperidine rings is 1. The minimum atomic E-state index is 0.600. The lowest BCUT2D eigenvalue weighted by Crippen LogP contribution is -2.46. The maximum Gasteiger partial charge on any atom is 0.128 e. The molecule has 1 saturated heterocycles. The van der Waals surface area contributed by atoms with E-state index in [4.69, 9.17) is 0 Å². The molecule has 0 radical (unpaired) electrons. The predicted molar refractivity (Wildman–Crippen MR) is 81.7 cm³/mol. The molecule has 1 aliphatic rings. The summed E-state index contributed by atoms with van der Waals surface area (Å²) in [6.07, 6.45) is 5.88. The Morgan fingerprint density at radius 2 is 2.21 bits per heavy atom. The number of hydrogen-bond acceptors (Lipinski definition) is 3. The van der Waals surface area contributed by atoms with Crippen LogP contribution in [0.4, 0.5) is 5.82 Å². The van der Waals surface area contributed by atoms with Crippen LogP contribution in [0.15, 0.2) is 18.3 Å². The van der Waals surface area contributed by atoms with E-state index in [-0.39, 0.29) is 0 Å². The quantitative estimate of drug-likeness (QED) is 0.883. The average Bonchev–Trinajstić information content (AvgIpc) is 2.40. The molecular weight excluding hydrogens is 234 g/mol. The highest BCUT2D eigenvalue weighted by Crippen LogP contribution is 2.22. The maximum absolute atomic E-state index is 4.59. The molecular formula is C16H27N3. The molecule has 0 bridgehead atoms. The van der Waals surface area contributed by atoms with E-state index in [2.05, 4.69) is 48.1 Å². The van der Waals surface area contributed by atoms with Crippen molar-refractivity contribution < 1.29 is 0 Å². The summed E-state index contributed by atoms with van der Waals surface area (Å²) in [5.41, 5.74) is 1.23. The Hall–Kier alpha value is -1.09. The molecule has 1 atom stereocenters. The van der Waals surface area contributed by atoms with E-state index in [0.29, 0.717) is 6.04 Å². The van der Waals surface area contributed by atoms with Crippen molar-refractivity contribution in [2.24, 2.45) is 5.92 Å². The van der Waals surface area contributed by atoms with Gasteiger partial charge in [-0.15, -0.1) is 0 Å². The summed E-state index contributed by atoms with van der Waals surface area (Å²) in [5.74, 6) is 1.86. The molecule has 2 heterocycles. The van der Waals surface area contributed by atoms with Gasteiger partial charge in [0.05, 0.1) is 0 Å². The molecule has 0 aliphatic carbocycles. The van der Waals surface area contributed by atoms with Crippen molar-refractivity contribution in [1.82, 2.24) is 10.3 Å². The second-order valence-corrected chi connectivity index (χ2v) is 6.09. The van der Waals surface area contributed by atoms with E-state index in [1.807, 2.05) is 6.20 Å². The van der Waals surface area contributed by atoms with Gasteiger partial charge in [0, 0.05) is 25.3 Å². The number of nitrogens with zero attached hydrogens (tertiary/aromatic N) is 2. The maximum atomic E-state index is 4.59. The van der Waals surface area contributed by atoms with Crippen LogP contribution >= 0.6 is 0 Å². The summed E-state index contributed by atoms with van der Waals surface area (Å²) in [6.45, 7) is 9.93. The zero-order chi connectivity index (χ0) is 13.7. The Balaban J connectivity index is 1.97. The number of hydrogen-bond donors (Lipinski definition) is 1. The smallest absolute Gasteiger partial charge is 0.128 e. The van der Waals surface area contributed by atoms with Crippen molar-refractivity contribution in [2.45, 2.75) is 46.1 Å². The first-order chi connectivity index (χ1) is 9.16. The Bertz CT molecular complexity index is 372. The normalized spacial score (nSPS) is 20.0. The molecule has 106 valence electrons. The summed E-state index contributed by atoms with van der Waals surface area (Å²) in [4.78, 5) is 7.08. The second-order valence-electron chi connectivity index (χ2n) is 6.09. The Labute approximate surface area is 117 Å². The van der Waals surface area contributed by atoms with Gasteiger partial charge in [-0.05, 0) is 50.3 Å². The standard InChI is InChI=1S/C16H27N3/c1-13(2)10-17-12-15-6-4-5-9-19(15)16-8-7-14(3)11-18-16/h7-8,11,13,15,17H,4-6,9-10,12H2,1-3H3. The first-order valence-electron chi connectivity index (χ1n) is 7.57. The third kappa shape index (κ3) is 4.20. The van der Waals surface area contributed by atoms with Gasteiger partial charge in [0.15, 0.2) is 0 Å². The lowest BCUT2D eigenvalue weighted by molar-refractivity contribution is 0.420. The van der Waals surface area contributed by atoms with Gasteiger partial charge in [0.25, 0.3) is 0 Å². The van der Waals surface area contributed by atoms with Crippen molar-refractivity contribution in [2.75, 3.05) is 24.5 Å². The molecule has 1 unspecified atom stereocenters. The van der Waals surface area contributed by atoms with Crippen LogP contribution in [0.2, 0.25) is 0 Å². The number of pyridine rings is 1. The van der Waals surface area contributed by atoms with Gasteiger partial charge in [-0.25, -0.2) is 4.98 Å². The first-order valence-corrected chi connectivity index (χ1v) is 7.57. The van der Waals surface area contributed by atoms with Gasteiger partial charge in [-0.1, -0.05) is 19.9 Å². The van der Waals surface area contributed by atoms with Crippen LogP contribution in [-0.2, 0) is 0 Å². The van der Waals surface area contributed by atoms with Crippen LogP contribution < -0.4 is 10.2 Å². The molecule has 0 amide bonds. The van der Waals surface area contributed by atoms with E-state index in [0.717, 1.165) is 31.4 Å². The fraction of sp³-hybridized carbons (Fsp3) is 0.688. The monoisotopic (exact) mass is 261 g/mol. The minimum Gasteiger partial charge on any atom is -0.352 e. The van der Waals surface area contributed by atoms with Gasteiger partial charge >= 0.3 is 0 Å². The van der Waals surface area contributed by atoms with Crippen molar-refractivity contribution >= 4 is 5.82 Å². The molecule has 1 N–H and O–H groups in total. The number of anilines is 1. The number of aryl methyl sites for hydroxylation is 1. The van der Waals surface area contributed by atoms with Crippen molar-refractivity contribution in [3.05, 3.63) is 23.9 Å². The Morgan fingerprint density at radius 1 is 1.37 bits per heavy atom. The van der Waals surface area contributed by atoms with Crippen molar-refractivity contribution in [3.63, 3.8) is 0 Å². The molecule has 3 nitrogen and oxygen atoms in total. The number of rotatable bonds is 5. The van der Waals surface area contributed by atoms with Crippen LogP contribution in [0, 0.1) is 12.8 Å². The lowest BCUT2D eigenvalue weighted by Gasteiger charge is -2.37. The second kappa shape index (κ2) is 6.90. The molecule has 2 rings (SSSR count). The van der Waals surface area contributed by atoms with Gasteiger partial charge in [-0.2, -0.15) is 0 Å². The van der Waals surface area contributed by atoms with Gasteiger partial charge in [0.1, 0.15) is 5.82 Å². The molecule has 0 saturated carbocycles. The molecule has 0 aromatic carbocycles. The van der Waals surface area contributed by atoms with E-state index in [9.17, 15) is 0 Å². The summed E-state index contributed by atoms with van der Waals surface area (Å²) in [5, 5.41) is 3.60. The van der Waals surface area contributed by atoms with Crippen molar-refractivity contribution in [3.8, 4) is 0 Å². The number of nitrogens with one attached hydrogen (secondary N) is 1. The van der Waals surface area contributed by atoms with Gasteiger partial charge < -0.3 is 10.2 Å². The summed E-state index contributed by atoms with van der Waals surface area (Å²) in [7, 11) is 0. The minimum absolute atomic E-state index is 0.600. The Morgan fingerprint density at radius 3 is 2.89 bits per heavy atom. The third-order valence-corrected chi connectivity index (χ3v) is 3.75. The van der Waals surface area contributed by atoms with Gasteiger partial charge in [-0.3, -0.25) is 0 Å². The summed E-state index contributed by atoms with van der Waals surface area (Å²) < 4.78 is 0. The van der Waals surface area contributed by atoms with E-state index in [1.165, 1.54) is 24.8 Å². The van der Waals surface area contributed by atoms with Crippen molar-refractivity contribution in [1.29, 1.82) is 0 Å². The molecule has 3 heteroatoms. The van der Waals surface area contributed by atoms with E-state index in [1.54, 1.807) is 0 Å².